The molecule has 1 unspecified atom stereocenters. The summed E-state index contributed by atoms with van der Waals surface area (Å²) in [6, 6.07) is 7.05. The van der Waals surface area contributed by atoms with Crippen LogP contribution in [0.5, 0.6) is 0 Å². The van der Waals surface area contributed by atoms with Crippen LogP contribution in [-0.4, -0.2) is 34.7 Å². The monoisotopic (exact) mass is 294 g/mol. The van der Waals surface area contributed by atoms with Crippen molar-refractivity contribution in [2.45, 2.75) is 32.7 Å². The molecule has 0 fully saturated rings. The number of hydrogen-bond acceptors (Lipinski definition) is 4. The van der Waals surface area contributed by atoms with Crippen LogP contribution >= 0.6 is 0 Å². The van der Waals surface area contributed by atoms with Gasteiger partial charge in [0.2, 0.25) is 0 Å². The van der Waals surface area contributed by atoms with Gasteiger partial charge in [-0.1, -0.05) is 12.1 Å². The fourth-order valence-electron chi connectivity index (χ4n) is 2.05. The molecule has 6 heteroatoms. The Morgan fingerprint density at radius 1 is 1.24 bits per heavy atom. The molecule has 1 aromatic carbocycles. The first kappa shape index (κ1) is 17.0. The molecule has 21 heavy (non-hydrogen) atoms. The van der Waals surface area contributed by atoms with Crippen LogP contribution in [0.25, 0.3) is 0 Å². The van der Waals surface area contributed by atoms with Crippen molar-refractivity contribution in [2.75, 3.05) is 11.9 Å². The topological polar surface area (TPSA) is 113 Å². The molecule has 0 aromatic heterocycles. The van der Waals surface area contributed by atoms with Crippen LogP contribution in [0, 0.1) is 5.41 Å². The standard InChI is InChI=1S/C15H22N2O4/c1-15(2,14(20)21)8-11(16)7-10-3-5-12(6-4-10)17-9-13(18)19/h3-6,11,17H,7-9,16H2,1-2H3,(H,18,19)(H,20,21). The maximum Gasteiger partial charge on any atom is 0.322 e. The van der Waals surface area contributed by atoms with Gasteiger partial charge >= 0.3 is 11.9 Å². The van der Waals surface area contributed by atoms with Crippen LogP contribution in [0.3, 0.4) is 0 Å². The minimum atomic E-state index is -0.919. The van der Waals surface area contributed by atoms with Crippen molar-refractivity contribution in [1.29, 1.82) is 0 Å². The zero-order valence-corrected chi connectivity index (χ0v) is 12.3. The highest BCUT2D eigenvalue weighted by Gasteiger charge is 2.29. The number of hydrogen-bond donors (Lipinski definition) is 4. The van der Waals surface area contributed by atoms with E-state index in [-0.39, 0.29) is 12.6 Å². The van der Waals surface area contributed by atoms with Gasteiger partial charge in [-0.25, -0.2) is 0 Å². The van der Waals surface area contributed by atoms with Crippen LogP contribution in [0.1, 0.15) is 25.8 Å². The molecule has 0 saturated heterocycles. The quantitative estimate of drug-likeness (QED) is 0.578. The van der Waals surface area contributed by atoms with E-state index >= 15 is 0 Å². The number of anilines is 1. The highest BCUT2D eigenvalue weighted by Crippen LogP contribution is 2.23. The average Bonchev–Trinajstić information content (AvgIpc) is 2.36. The van der Waals surface area contributed by atoms with Crippen LogP contribution in [0.15, 0.2) is 24.3 Å². The number of benzene rings is 1. The molecular weight excluding hydrogens is 272 g/mol. The molecular formula is C15H22N2O4. The first-order valence-corrected chi connectivity index (χ1v) is 6.74. The minimum absolute atomic E-state index is 0.133. The number of carbonyl (C=O) groups is 2. The van der Waals surface area contributed by atoms with E-state index in [4.69, 9.17) is 15.9 Å². The van der Waals surface area contributed by atoms with Gasteiger partial charge in [0.05, 0.1) is 5.41 Å². The van der Waals surface area contributed by atoms with E-state index in [0.717, 1.165) is 11.3 Å². The summed E-state index contributed by atoms with van der Waals surface area (Å²) in [6.45, 7) is 3.19. The van der Waals surface area contributed by atoms with Crippen LogP contribution < -0.4 is 11.1 Å². The number of nitrogens with one attached hydrogen (secondary N) is 1. The molecule has 6 nitrogen and oxygen atoms in total. The molecule has 0 aliphatic heterocycles. The van der Waals surface area contributed by atoms with E-state index in [2.05, 4.69) is 5.32 Å². The highest BCUT2D eigenvalue weighted by atomic mass is 16.4. The van der Waals surface area contributed by atoms with E-state index in [0.29, 0.717) is 12.8 Å². The molecule has 0 aliphatic rings. The largest absolute Gasteiger partial charge is 0.481 e. The predicted octanol–water partition coefficient (Wildman–Crippen LogP) is 1.55. The lowest BCUT2D eigenvalue weighted by atomic mass is 9.84. The van der Waals surface area contributed by atoms with Gasteiger partial charge in [-0.3, -0.25) is 9.59 Å². The van der Waals surface area contributed by atoms with E-state index in [1.807, 2.05) is 12.1 Å². The minimum Gasteiger partial charge on any atom is -0.481 e. The zero-order valence-electron chi connectivity index (χ0n) is 12.3. The predicted molar refractivity (Wildman–Crippen MR) is 80.3 cm³/mol. The fraction of sp³-hybridized carbons (Fsp3) is 0.467. The third kappa shape index (κ3) is 5.83. The Morgan fingerprint density at radius 3 is 2.29 bits per heavy atom. The summed E-state index contributed by atoms with van der Waals surface area (Å²) in [5.41, 5.74) is 6.88. The Balaban J connectivity index is 2.55. The summed E-state index contributed by atoms with van der Waals surface area (Å²) in [5, 5.41) is 20.4. The summed E-state index contributed by atoms with van der Waals surface area (Å²) in [6.07, 6.45) is 0.970. The Kier molecular flexibility index (Phi) is 5.72. The first-order valence-electron chi connectivity index (χ1n) is 6.74. The molecule has 0 aliphatic carbocycles. The summed E-state index contributed by atoms with van der Waals surface area (Å²) in [7, 11) is 0. The number of nitrogens with two attached hydrogens (primary N) is 1. The lowest BCUT2D eigenvalue weighted by Gasteiger charge is -2.23. The second-order valence-corrected chi connectivity index (χ2v) is 5.80. The average molecular weight is 294 g/mol. The van der Waals surface area contributed by atoms with Crippen LogP contribution in [0.4, 0.5) is 5.69 Å². The van der Waals surface area contributed by atoms with Crippen LogP contribution in [-0.2, 0) is 16.0 Å². The first-order chi connectivity index (χ1) is 9.70. The van der Waals surface area contributed by atoms with Gasteiger partial charge in [-0.15, -0.1) is 0 Å². The third-order valence-electron chi connectivity index (χ3n) is 3.25. The summed E-state index contributed by atoms with van der Waals surface area (Å²) < 4.78 is 0. The van der Waals surface area contributed by atoms with Crippen molar-refractivity contribution in [1.82, 2.24) is 0 Å². The van der Waals surface area contributed by atoms with Crippen LogP contribution in [0.2, 0.25) is 0 Å². The molecule has 116 valence electrons. The smallest absolute Gasteiger partial charge is 0.322 e. The molecule has 5 N–H and O–H groups in total. The number of carboxylic acids is 2. The fourth-order valence-corrected chi connectivity index (χ4v) is 2.05. The van der Waals surface area contributed by atoms with Crippen molar-refractivity contribution >= 4 is 17.6 Å². The van der Waals surface area contributed by atoms with Gasteiger partial charge in [0.1, 0.15) is 6.54 Å². The third-order valence-corrected chi connectivity index (χ3v) is 3.25. The van der Waals surface area contributed by atoms with Gasteiger partial charge in [-0.05, 0) is 44.4 Å². The van der Waals surface area contributed by atoms with E-state index < -0.39 is 17.4 Å². The number of carboxylic acid groups (broad SMARTS) is 2. The van der Waals surface area contributed by atoms with E-state index in [1.165, 1.54) is 0 Å². The lowest BCUT2D eigenvalue weighted by molar-refractivity contribution is -0.147. The SMILES string of the molecule is CC(C)(CC(N)Cc1ccc(NCC(=O)O)cc1)C(=O)O. The van der Waals surface area contributed by atoms with E-state index in [1.54, 1.807) is 26.0 Å². The Labute approximate surface area is 124 Å². The van der Waals surface area contributed by atoms with E-state index in [9.17, 15) is 9.59 Å². The zero-order chi connectivity index (χ0) is 16.0. The second-order valence-electron chi connectivity index (χ2n) is 5.80. The molecule has 1 rings (SSSR count). The molecule has 0 radical (unpaired) electrons. The van der Waals surface area contributed by atoms with Gasteiger partial charge in [0, 0.05) is 11.7 Å². The Morgan fingerprint density at radius 2 is 1.81 bits per heavy atom. The van der Waals surface area contributed by atoms with Gasteiger partial charge in [0.15, 0.2) is 0 Å². The van der Waals surface area contributed by atoms with Crippen molar-refractivity contribution in [3.05, 3.63) is 29.8 Å². The van der Waals surface area contributed by atoms with Gasteiger partial charge < -0.3 is 21.3 Å². The maximum absolute atomic E-state index is 11.1. The van der Waals surface area contributed by atoms with Crippen molar-refractivity contribution in [3.63, 3.8) is 0 Å². The highest BCUT2D eigenvalue weighted by molar-refractivity contribution is 5.73. The molecule has 0 bridgehead atoms. The Hall–Kier alpha value is -2.08. The molecule has 1 aromatic rings. The second kappa shape index (κ2) is 7.08. The van der Waals surface area contributed by atoms with Crippen molar-refractivity contribution in [2.24, 2.45) is 11.1 Å². The normalized spacial score (nSPS) is 12.7. The lowest BCUT2D eigenvalue weighted by Crippen LogP contribution is -2.34. The molecule has 0 heterocycles. The summed E-state index contributed by atoms with van der Waals surface area (Å²) in [4.78, 5) is 21.5. The molecule has 1 atom stereocenters. The van der Waals surface area contributed by atoms with Gasteiger partial charge in [-0.2, -0.15) is 0 Å². The molecule has 0 spiro atoms. The van der Waals surface area contributed by atoms with Gasteiger partial charge in [0.25, 0.3) is 0 Å². The maximum atomic E-state index is 11.1. The Bertz CT molecular complexity index is 497. The number of rotatable bonds is 8. The molecule has 0 amide bonds. The van der Waals surface area contributed by atoms with Crippen molar-refractivity contribution in [3.8, 4) is 0 Å². The number of aliphatic carboxylic acids is 2. The summed E-state index contributed by atoms with van der Waals surface area (Å²) in [5.74, 6) is -1.77. The molecule has 0 saturated carbocycles. The van der Waals surface area contributed by atoms with Crippen molar-refractivity contribution < 1.29 is 19.8 Å². The summed E-state index contributed by atoms with van der Waals surface area (Å²) >= 11 is 0.